The lowest BCUT2D eigenvalue weighted by Gasteiger charge is -2.32. The fourth-order valence-corrected chi connectivity index (χ4v) is 2.42. The van der Waals surface area contributed by atoms with Gasteiger partial charge in [-0.15, -0.1) is 0 Å². The van der Waals surface area contributed by atoms with Crippen LogP contribution in [-0.2, 0) is 20.7 Å². The van der Waals surface area contributed by atoms with Gasteiger partial charge in [0.05, 0.1) is 12.7 Å². The van der Waals surface area contributed by atoms with Crippen LogP contribution in [0.25, 0.3) is 0 Å². The third-order valence-corrected chi connectivity index (χ3v) is 3.72. The quantitative estimate of drug-likeness (QED) is 0.839. The largest absolute Gasteiger partial charge is 0.508 e. The van der Waals surface area contributed by atoms with Crippen molar-refractivity contribution in [1.82, 2.24) is 10.2 Å². The van der Waals surface area contributed by atoms with Crippen LogP contribution >= 0.6 is 0 Å². The maximum Gasteiger partial charge on any atom is 0.220 e. The van der Waals surface area contributed by atoms with Crippen LogP contribution < -0.4 is 5.32 Å². The summed E-state index contributed by atoms with van der Waals surface area (Å²) < 4.78 is 5.54. The van der Waals surface area contributed by atoms with E-state index >= 15 is 0 Å². The second-order valence-electron chi connectivity index (χ2n) is 5.39. The van der Waals surface area contributed by atoms with Crippen molar-refractivity contribution < 1.29 is 19.4 Å². The topological polar surface area (TPSA) is 78.9 Å². The molecule has 2 rings (SSSR count). The number of carbonyl (C=O) groups is 2. The van der Waals surface area contributed by atoms with Gasteiger partial charge in [0.25, 0.3) is 0 Å². The average Bonchev–Trinajstić information content (AvgIpc) is 2.52. The predicted octanol–water partition coefficient (Wildman–Crippen LogP) is 0.688. The Morgan fingerprint density at radius 2 is 2.18 bits per heavy atom. The van der Waals surface area contributed by atoms with E-state index in [0.29, 0.717) is 39.1 Å². The number of benzene rings is 1. The minimum absolute atomic E-state index is 0.0270. The van der Waals surface area contributed by atoms with Crippen molar-refractivity contribution in [3.63, 3.8) is 0 Å². The molecule has 1 aromatic carbocycles. The summed E-state index contributed by atoms with van der Waals surface area (Å²) in [4.78, 5) is 24.9. The molecule has 0 unspecified atom stereocenters. The lowest BCUT2D eigenvalue weighted by atomic mass is 10.1. The number of nitrogens with zero attached hydrogens (tertiary/aromatic N) is 1. The molecule has 1 aliphatic heterocycles. The van der Waals surface area contributed by atoms with E-state index in [1.807, 2.05) is 6.07 Å². The number of nitrogens with one attached hydrogen (secondary N) is 1. The molecule has 0 aliphatic carbocycles. The van der Waals surface area contributed by atoms with Crippen LogP contribution in [0.1, 0.15) is 18.9 Å². The van der Waals surface area contributed by atoms with E-state index in [9.17, 15) is 14.7 Å². The summed E-state index contributed by atoms with van der Waals surface area (Å²) in [5.41, 5.74) is 0.759. The van der Waals surface area contributed by atoms with E-state index in [2.05, 4.69) is 5.32 Å². The molecule has 1 aromatic rings. The number of aromatic hydroxyl groups is 1. The third-order valence-electron chi connectivity index (χ3n) is 3.72. The standard InChI is InChI=1S/C16H22N2O4/c1-12(19)18-8-9-22-14(11-18)10-17-16(21)7-6-13-4-2-3-5-15(13)20/h2-5,14,20H,6-11H2,1H3,(H,17,21)/t14-/m1/s1. The number of hydrogen-bond acceptors (Lipinski definition) is 4. The van der Waals surface area contributed by atoms with E-state index in [1.165, 1.54) is 6.92 Å². The summed E-state index contributed by atoms with van der Waals surface area (Å²) in [5, 5.41) is 12.5. The zero-order chi connectivity index (χ0) is 15.9. The second kappa shape index (κ2) is 7.79. The lowest BCUT2D eigenvalue weighted by molar-refractivity contribution is -0.136. The average molecular weight is 306 g/mol. The van der Waals surface area contributed by atoms with Gasteiger partial charge >= 0.3 is 0 Å². The Bertz CT molecular complexity index is 533. The molecule has 1 fully saturated rings. The number of rotatable bonds is 5. The van der Waals surface area contributed by atoms with Crippen molar-refractivity contribution in [1.29, 1.82) is 0 Å². The molecule has 120 valence electrons. The summed E-state index contributed by atoms with van der Waals surface area (Å²) >= 11 is 0. The number of amides is 2. The minimum atomic E-state index is -0.160. The highest BCUT2D eigenvalue weighted by Crippen LogP contribution is 2.17. The van der Waals surface area contributed by atoms with Crippen molar-refractivity contribution in [3.8, 4) is 5.75 Å². The molecule has 0 saturated carbocycles. The predicted molar refractivity (Wildman–Crippen MR) is 81.4 cm³/mol. The van der Waals surface area contributed by atoms with Crippen LogP contribution in [0.4, 0.5) is 0 Å². The van der Waals surface area contributed by atoms with Crippen molar-refractivity contribution in [3.05, 3.63) is 29.8 Å². The van der Waals surface area contributed by atoms with Crippen LogP contribution in [0.15, 0.2) is 24.3 Å². The van der Waals surface area contributed by atoms with Gasteiger partial charge in [-0.1, -0.05) is 18.2 Å². The van der Waals surface area contributed by atoms with Gasteiger partial charge in [0, 0.05) is 33.0 Å². The first-order valence-electron chi connectivity index (χ1n) is 7.47. The molecule has 2 N–H and O–H groups in total. The number of aryl methyl sites for hydroxylation is 1. The van der Waals surface area contributed by atoms with Crippen molar-refractivity contribution in [2.24, 2.45) is 0 Å². The summed E-state index contributed by atoms with van der Waals surface area (Å²) in [6.45, 7) is 3.54. The van der Waals surface area contributed by atoms with Crippen molar-refractivity contribution in [2.75, 3.05) is 26.2 Å². The number of carbonyl (C=O) groups excluding carboxylic acids is 2. The zero-order valence-electron chi connectivity index (χ0n) is 12.7. The second-order valence-corrected chi connectivity index (χ2v) is 5.39. The van der Waals surface area contributed by atoms with Gasteiger partial charge in [0.2, 0.25) is 11.8 Å². The molecule has 1 saturated heterocycles. The zero-order valence-corrected chi connectivity index (χ0v) is 12.7. The van der Waals surface area contributed by atoms with Crippen LogP contribution in [0.3, 0.4) is 0 Å². The first-order valence-corrected chi connectivity index (χ1v) is 7.47. The third kappa shape index (κ3) is 4.73. The van der Waals surface area contributed by atoms with Crippen LogP contribution in [0, 0.1) is 0 Å². The molecule has 0 spiro atoms. The Kier molecular flexibility index (Phi) is 5.77. The smallest absolute Gasteiger partial charge is 0.220 e. The Morgan fingerprint density at radius 1 is 1.41 bits per heavy atom. The van der Waals surface area contributed by atoms with Crippen LogP contribution in [0.5, 0.6) is 5.75 Å². The van der Waals surface area contributed by atoms with Gasteiger partial charge < -0.3 is 20.1 Å². The summed E-state index contributed by atoms with van der Waals surface area (Å²) in [5.74, 6) is 0.147. The van der Waals surface area contributed by atoms with E-state index < -0.39 is 0 Å². The lowest BCUT2D eigenvalue weighted by Crippen LogP contribution is -2.49. The maximum atomic E-state index is 11.9. The molecule has 2 amide bonds. The highest BCUT2D eigenvalue weighted by Gasteiger charge is 2.22. The Balaban J connectivity index is 1.71. The Labute approximate surface area is 130 Å². The maximum absolute atomic E-state index is 11.9. The van der Waals surface area contributed by atoms with E-state index in [4.69, 9.17) is 4.74 Å². The van der Waals surface area contributed by atoms with Crippen LogP contribution in [-0.4, -0.2) is 54.2 Å². The van der Waals surface area contributed by atoms with Crippen LogP contribution in [0.2, 0.25) is 0 Å². The Morgan fingerprint density at radius 3 is 2.91 bits per heavy atom. The fourth-order valence-electron chi connectivity index (χ4n) is 2.42. The first kappa shape index (κ1) is 16.3. The van der Waals surface area contributed by atoms with Gasteiger partial charge in [0.15, 0.2) is 0 Å². The summed E-state index contributed by atoms with van der Waals surface area (Å²) in [6.07, 6.45) is 0.636. The molecule has 0 aromatic heterocycles. The SMILES string of the molecule is CC(=O)N1CCO[C@H](CNC(=O)CCc2ccccc2O)C1. The van der Waals surface area contributed by atoms with Gasteiger partial charge in [-0.05, 0) is 18.1 Å². The number of morpholine rings is 1. The molecule has 1 atom stereocenters. The molecular weight excluding hydrogens is 284 g/mol. The minimum Gasteiger partial charge on any atom is -0.508 e. The molecule has 22 heavy (non-hydrogen) atoms. The van der Waals surface area contributed by atoms with Crippen molar-refractivity contribution >= 4 is 11.8 Å². The molecule has 6 nitrogen and oxygen atoms in total. The molecular formula is C16H22N2O4. The van der Waals surface area contributed by atoms with Gasteiger partial charge in [-0.25, -0.2) is 0 Å². The van der Waals surface area contributed by atoms with E-state index in [-0.39, 0.29) is 23.7 Å². The monoisotopic (exact) mass is 306 g/mol. The Hall–Kier alpha value is -2.08. The normalized spacial score (nSPS) is 18.0. The highest BCUT2D eigenvalue weighted by molar-refractivity contribution is 5.76. The number of hydrogen-bond donors (Lipinski definition) is 2. The molecule has 1 heterocycles. The van der Waals surface area contributed by atoms with E-state index in [0.717, 1.165) is 5.56 Å². The number of phenolic OH excluding ortho intramolecular Hbond substituents is 1. The van der Waals surface area contributed by atoms with E-state index in [1.54, 1.807) is 23.1 Å². The summed E-state index contributed by atoms with van der Waals surface area (Å²) in [6, 6.07) is 7.00. The van der Waals surface area contributed by atoms with Crippen molar-refractivity contribution in [2.45, 2.75) is 25.9 Å². The molecule has 0 radical (unpaired) electrons. The number of para-hydroxylation sites is 1. The summed E-state index contributed by atoms with van der Waals surface area (Å²) in [7, 11) is 0. The fraction of sp³-hybridized carbons (Fsp3) is 0.500. The molecule has 1 aliphatic rings. The highest BCUT2D eigenvalue weighted by atomic mass is 16.5. The number of phenols is 1. The van der Waals surface area contributed by atoms with Gasteiger partial charge in [-0.2, -0.15) is 0 Å². The van der Waals surface area contributed by atoms with Gasteiger partial charge in [0.1, 0.15) is 5.75 Å². The first-order chi connectivity index (χ1) is 10.6. The van der Waals surface area contributed by atoms with Gasteiger partial charge in [-0.3, -0.25) is 9.59 Å². The number of ether oxygens (including phenoxy) is 1. The molecule has 0 bridgehead atoms. The molecule has 6 heteroatoms.